The summed E-state index contributed by atoms with van der Waals surface area (Å²) in [5, 5.41) is 0. The Morgan fingerprint density at radius 2 is 2.41 bits per heavy atom. The Hall–Kier alpha value is -0.870. The number of hydrogen-bond donors (Lipinski definition) is 1. The third-order valence-corrected chi connectivity index (χ3v) is 3.49. The summed E-state index contributed by atoms with van der Waals surface area (Å²) >= 11 is 0. The van der Waals surface area contributed by atoms with Crippen LogP contribution in [0.5, 0.6) is 0 Å². The summed E-state index contributed by atoms with van der Waals surface area (Å²) in [6.45, 7) is 6.34. The molecule has 0 aliphatic carbocycles. The fourth-order valence-corrected chi connectivity index (χ4v) is 2.66. The first-order valence-electron chi connectivity index (χ1n) is 6.60. The van der Waals surface area contributed by atoms with Crippen molar-refractivity contribution in [1.82, 2.24) is 9.88 Å². The molecule has 2 rings (SSSR count). The molecule has 1 aliphatic rings. The van der Waals surface area contributed by atoms with Crippen molar-refractivity contribution in [3.63, 3.8) is 0 Å². The standard InChI is InChI=1S/C13H23N3O/c1-10(2)16-7-3-4-11(16)8-13-15-9-12(17-13)5-6-14/h9-11H,3-8,14H2,1-2H3. The summed E-state index contributed by atoms with van der Waals surface area (Å²) in [7, 11) is 0. The molecule has 0 saturated carbocycles. The summed E-state index contributed by atoms with van der Waals surface area (Å²) in [4.78, 5) is 6.89. The van der Waals surface area contributed by atoms with Crippen molar-refractivity contribution in [3.8, 4) is 0 Å². The van der Waals surface area contributed by atoms with Crippen LogP contribution in [-0.2, 0) is 12.8 Å². The zero-order chi connectivity index (χ0) is 12.3. The molecule has 1 atom stereocenters. The summed E-state index contributed by atoms with van der Waals surface area (Å²) in [5.74, 6) is 1.78. The van der Waals surface area contributed by atoms with Gasteiger partial charge in [0.15, 0.2) is 5.89 Å². The van der Waals surface area contributed by atoms with E-state index in [2.05, 4.69) is 23.7 Å². The monoisotopic (exact) mass is 237 g/mol. The maximum atomic E-state index is 5.70. The molecule has 0 amide bonds. The minimum atomic E-state index is 0.597. The molecule has 2 N–H and O–H groups in total. The van der Waals surface area contributed by atoms with E-state index in [4.69, 9.17) is 10.2 Å². The molecular weight excluding hydrogens is 214 g/mol. The van der Waals surface area contributed by atoms with Crippen molar-refractivity contribution >= 4 is 0 Å². The van der Waals surface area contributed by atoms with Crippen molar-refractivity contribution in [3.05, 3.63) is 17.8 Å². The lowest BCUT2D eigenvalue weighted by Crippen LogP contribution is -2.36. The third-order valence-electron chi connectivity index (χ3n) is 3.49. The highest BCUT2D eigenvalue weighted by Gasteiger charge is 2.27. The molecule has 0 aromatic carbocycles. The largest absolute Gasteiger partial charge is 0.446 e. The molecule has 2 heterocycles. The van der Waals surface area contributed by atoms with Gasteiger partial charge in [0.1, 0.15) is 5.76 Å². The maximum absolute atomic E-state index is 5.70. The number of nitrogens with two attached hydrogens (primary N) is 1. The van der Waals surface area contributed by atoms with Crippen molar-refractivity contribution in [2.24, 2.45) is 5.73 Å². The zero-order valence-corrected chi connectivity index (χ0v) is 10.9. The molecule has 1 fully saturated rings. The minimum absolute atomic E-state index is 0.597. The fourth-order valence-electron chi connectivity index (χ4n) is 2.66. The average Bonchev–Trinajstić information content (AvgIpc) is 2.89. The van der Waals surface area contributed by atoms with E-state index in [1.165, 1.54) is 19.4 Å². The van der Waals surface area contributed by atoms with Gasteiger partial charge in [-0.25, -0.2) is 4.98 Å². The Bertz CT molecular complexity index is 348. The quantitative estimate of drug-likeness (QED) is 0.845. The van der Waals surface area contributed by atoms with Crippen LogP contribution in [0.3, 0.4) is 0 Å². The van der Waals surface area contributed by atoms with Gasteiger partial charge in [0.25, 0.3) is 0 Å². The van der Waals surface area contributed by atoms with E-state index in [0.717, 1.165) is 24.5 Å². The molecule has 1 aromatic heterocycles. The van der Waals surface area contributed by atoms with Crippen LogP contribution in [0.15, 0.2) is 10.6 Å². The molecular formula is C13H23N3O. The lowest BCUT2D eigenvalue weighted by molar-refractivity contribution is 0.195. The van der Waals surface area contributed by atoms with E-state index in [0.29, 0.717) is 18.6 Å². The second-order valence-corrected chi connectivity index (χ2v) is 5.09. The summed E-state index contributed by atoms with van der Waals surface area (Å²) in [6.07, 6.45) is 6.08. The lowest BCUT2D eigenvalue weighted by Gasteiger charge is -2.27. The van der Waals surface area contributed by atoms with Crippen LogP contribution in [0.4, 0.5) is 0 Å². The highest BCUT2D eigenvalue weighted by atomic mass is 16.4. The Balaban J connectivity index is 1.95. The van der Waals surface area contributed by atoms with Crippen molar-refractivity contribution in [1.29, 1.82) is 0 Å². The topological polar surface area (TPSA) is 55.3 Å². The normalized spacial score (nSPS) is 21.5. The molecule has 1 unspecified atom stereocenters. The predicted octanol–water partition coefficient (Wildman–Crippen LogP) is 1.59. The Labute approximate surface area is 103 Å². The molecule has 1 saturated heterocycles. The summed E-state index contributed by atoms with van der Waals surface area (Å²) in [6, 6.07) is 1.21. The molecule has 0 bridgehead atoms. The molecule has 0 radical (unpaired) electrons. The number of oxazole rings is 1. The van der Waals surface area contributed by atoms with Gasteiger partial charge < -0.3 is 10.2 Å². The van der Waals surface area contributed by atoms with Crippen LogP contribution in [0, 0.1) is 0 Å². The Morgan fingerprint density at radius 1 is 1.59 bits per heavy atom. The second kappa shape index (κ2) is 5.65. The van der Waals surface area contributed by atoms with Crippen LogP contribution in [0.25, 0.3) is 0 Å². The van der Waals surface area contributed by atoms with Gasteiger partial charge in [-0.2, -0.15) is 0 Å². The van der Waals surface area contributed by atoms with E-state index < -0.39 is 0 Å². The second-order valence-electron chi connectivity index (χ2n) is 5.09. The van der Waals surface area contributed by atoms with E-state index in [9.17, 15) is 0 Å². The Morgan fingerprint density at radius 3 is 3.12 bits per heavy atom. The van der Waals surface area contributed by atoms with Gasteiger partial charge >= 0.3 is 0 Å². The van der Waals surface area contributed by atoms with E-state index >= 15 is 0 Å². The van der Waals surface area contributed by atoms with Gasteiger partial charge in [-0.05, 0) is 39.8 Å². The average molecular weight is 237 g/mol. The molecule has 96 valence electrons. The lowest BCUT2D eigenvalue weighted by atomic mass is 10.1. The van der Waals surface area contributed by atoms with E-state index in [1.54, 1.807) is 0 Å². The SMILES string of the molecule is CC(C)N1CCCC1Cc1ncc(CCN)o1. The van der Waals surface area contributed by atoms with Gasteiger partial charge in [0.2, 0.25) is 0 Å². The van der Waals surface area contributed by atoms with Gasteiger partial charge in [0.05, 0.1) is 6.20 Å². The molecule has 1 aromatic rings. The van der Waals surface area contributed by atoms with Gasteiger partial charge in [0, 0.05) is 24.9 Å². The van der Waals surface area contributed by atoms with Crippen molar-refractivity contribution in [2.45, 2.75) is 51.6 Å². The smallest absolute Gasteiger partial charge is 0.195 e. The number of hydrogen-bond acceptors (Lipinski definition) is 4. The van der Waals surface area contributed by atoms with Crippen LogP contribution in [-0.4, -0.2) is 35.1 Å². The number of likely N-dealkylation sites (tertiary alicyclic amines) is 1. The molecule has 17 heavy (non-hydrogen) atoms. The van der Waals surface area contributed by atoms with Crippen molar-refractivity contribution < 1.29 is 4.42 Å². The first kappa shape index (κ1) is 12.6. The van der Waals surface area contributed by atoms with Gasteiger partial charge in [-0.3, -0.25) is 4.90 Å². The first-order valence-corrected chi connectivity index (χ1v) is 6.60. The summed E-state index contributed by atoms with van der Waals surface area (Å²) < 4.78 is 5.70. The molecule has 4 nitrogen and oxygen atoms in total. The van der Waals surface area contributed by atoms with Crippen LogP contribution < -0.4 is 5.73 Å². The van der Waals surface area contributed by atoms with E-state index in [-0.39, 0.29) is 0 Å². The molecule has 0 spiro atoms. The first-order chi connectivity index (χ1) is 8.20. The predicted molar refractivity (Wildman–Crippen MR) is 67.8 cm³/mol. The molecule has 4 heteroatoms. The van der Waals surface area contributed by atoms with E-state index in [1.807, 2.05) is 6.20 Å². The number of rotatable bonds is 5. The number of nitrogens with zero attached hydrogens (tertiary/aromatic N) is 2. The maximum Gasteiger partial charge on any atom is 0.195 e. The summed E-state index contributed by atoms with van der Waals surface area (Å²) in [5.41, 5.74) is 5.50. The van der Waals surface area contributed by atoms with Crippen LogP contribution in [0.2, 0.25) is 0 Å². The molecule has 1 aliphatic heterocycles. The zero-order valence-electron chi connectivity index (χ0n) is 10.9. The minimum Gasteiger partial charge on any atom is -0.446 e. The van der Waals surface area contributed by atoms with Gasteiger partial charge in [-0.15, -0.1) is 0 Å². The van der Waals surface area contributed by atoms with Crippen molar-refractivity contribution in [2.75, 3.05) is 13.1 Å². The highest BCUT2D eigenvalue weighted by Crippen LogP contribution is 2.23. The Kier molecular flexibility index (Phi) is 4.18. The van der Waals surface area contributed by atoms with Crippen LogP contribution in [0.1, 0.15) is 38.3 Å². The fraction of sp³-hybridized carbons (Fsp3) is 0.769. The number of aromatic nitrogens is 1. The highest BCUT2D eigenvalue weighted by molar-refractivity contribution is 4.98. The third kappa shape index (κ3) is 3.07. The van der Waals surface area contributed by atoms with Gasteiger partial charge in [-0.1, -0.05) is 0 Å². The van der Waals surface area contributed by atoms with Crippen LogP contribution >= 0.6 is 0 Å².